The van der Waals surface area contributed by atoms with Crippen LogP contribution in [0.2, 0.25) is 75.3 Å². The fourth-order valence-electron chi connectivity index (χ4n) is 3.10. The van der Waals surface area contributed by atoms with Crippen molar-refractivity contribution in [2.75, 3.05) is 0 Å². The molecule has 0 atom stereocenters. The summed E-state index contributed by atoms with van der Waals surface area (Å²) in [5, 5.41) is -3.48. The fourth-order valence-corrected chi connectivity index (χ4v) is 8.22. The zero-order chi connectivity index (χ0) is 26.9. The maximum atomic E-state index is 7.35. The zero-order valence-electron chi connectivity index (χ0n) is 15.5. The topological polar surface area (TPSA) is 0 Å². The molecule has 0 aliphatic rings. The summed E-state index contributed by atoms with van der Waals surface area (Å²) in [5.41, 5.74) is -0.629. The summed E-state index contributed by atoms with van der Waals surface area (Å²) in [6.45, 7) is 0. The standard InChI is InChI=1S/C19Cl16/c20-4-1(5(21)11(27)16(32)10(4)26)19(35,2-6(22)12(28)17(33)13(29)7(2)23)3-8(24)14(30)18(34)15(31)9(3)25. The molecule has 0 radical (unpaired) electrons. The summed E-state index contributed by atoms with van der Waals surface area (Å²) in [6.07, 6.45) is 0. The Hall–Kier alpha value is 2.30. The predicted octanol–water partition coefficient (Wildman–Crippen LogP) is 15.0. The molecule has 0 saturated heterocycles. The van der Waals surface area contributed by atoms with Crippen LogP contribution in [0.5, 0.6) is 0 Å². The van der Waals surface area contributed by atoms with E-state index < -0.39 is 4.87 Å². The van der Waals surface area contributed by atoms with Gasteiger partial charge in [-0.15, -0.1) is 11.6 Å². The van der Waals surface area contributed by atoms with Crippen LogP contribution in [0.25, 0.3) is 0 Å². The Bertz CT molecular complexity index is 1150. The summed E-state index contributed by atoms with van der Waals surface area (Å²) >= 11 is 103. The first kappa shape index (κ1) is 31.8. The number of alkyl halides is 1. The molecule has 0 spiro atoms. The van der Waals surface area contributed by atoms with Crippen molar-refractivity contribution in [3.05, 3.63) is 92.0 Å². The average molecular weight is 795 g/mol. The average Bonchev–Trinajstić information content (AvgIpc) is 2.81. The van der Waals surface area contributed by atoms with Crippen molar-refractivity contribution in [2.24, 2.45) is 0 Å². The Morgan fingerprint density at radius 3 is 0.486 bits per heavy atom. The van der Waals surface area contributed by atoms with Gasteiger partial charge in [-0.1, -0.05) is 174 Å². The molecule has 3 aromatic carbocycles. The largest absolute Gasteiger partial charge is 0.128 e. The summed E-state index contributed by atoms with van der Waals surface area (Å²) in [5.74, 6) is 0. The van der Waals surface area contributed by atoms with Gasteiger partial charge in [0.1, 0.15) is 4.87 Å². The van der Waals surface area contributed by atoms with Crippen molar-refractivity contribution in [1.82, 2.24) is 0 Å². The third-order valence-corrected chi connectivity index (χ3v) is 12.1. The number of benzene rings is 3. The molecule has 0 nitrogen and oxygen atoms in total. The van der Waals surface area contributed by atoms with E-state index in [0.29, 0.717) is 0 Å². The third-order valence-electron chi connectivity index (χ3n) is 4.66. The van der Waals surface area contributed by atoms with Gasteiger partial charge in [-0.25, -0.2) is 0 Å². The van der Waals surface area contributed by atoms with Gasteiger partial charge in [-0.05, 0) is 0 Å². The number of hydrogen-bond donors (Lipinski definition) is 0. The fraction of sp³-hybridized carbons (Fsp3) is 0.0526. The Balaban J connectivity index is 2.78. The van der Waals surface area contributed by atoms with Crippen LogP contribution in [0.3, 0.4) is 0 Å². The first-order valence-corrected chi connectivity index (χ1v) is 14.3. The molecule has 0 fully saturated rings. The van der Waals surface area contributed by atoms with Crippen molar-refractivity contribution in [3.63, 3.8) is 0 Å². The van der Waals surface area contributed by atoms with Gasteiger partial charge in [0.05, 0.1) is 75.3 Å². The highest BCUT2D eigenvalue weighted by Gasteiger charge is 2.48. The second kappa shape index (κ2) is 11.7. The third kappa shape index (κ3) is 5.01. The zero-order valence-corrected chi connectivity index (χ0v) is 27.6. The van der Waals surface area contributed by atoms with Gasteiger partial charge in [0.2, 0.25) is 0 Å². The van der Waals surface area contributed by atoms with Gasteiger partial charge in [0.15, 0.2) is 0 Å². The van der Waals surface area contributed by atoms with E-state index in [0.717, 1.165) is 0 Å². The van der Waals surface area contributed by atoms with Gasteiger partial charge in [-0.3, -0.25) is 0 Å². The number of rotatable bonds is 3. The minimum absolute atomic E-state index is 0.167. The van der Waals surface area contributed by atoms with Gasteiger partial charge >= 0.3 is 0 Å². The minimum Gasteiger partial charge on any atom is -0.103 e. The van der Waals surface area contributed by atoms with Crippen molar-refractivity contribution in [1.29, 1.82) is 0 Å². The molecule has 3 rings (SSSR count). The molecule has 0 unspecified atom stereocenters. The first-order valence-electron chi connectivity index (χ1n) is 8.27. The monoisotopic (exact) mass is 788 g/mol. The minimum atomic E-state index is -2.26. The molecule has 0 aromatic heterocycles. The Morgan fingerprint density at radius 2 is 0.343 bits per heavy atom. The lowest BCUT2D eigenvalue weighted by molar-refractivity contribution is 0.881. The summed E-state index contributed by atoms with van der Waals surface area (Å²) in [7, 11) is 0. The summed E-state index contributed by atoms with van der Waals surface area (Å²) in [4.78, 5) is -2.26. The van der Waals surface area contributed by atoms with E-state index in [4.69, 9.17) is 186 Å². The molecular weight excluding hydrogens is 795 g/mol. The lowest BCUT2D eigenvalue weighted by Gasteiger charge is -2.35. The van der Waals surface area contributed by atoms with Crippen molar-refractivity contribution < 1.29 is 0 Å². The molecule has 0 heterocycles. The second-order valence-corrected chi connectivity index (χ2v) is 12.7. The molecule has 3 aromatic rings. The summed E-state index contributed by atoms with van der Waals surface area (Å²) < 4.78 is 0. The van der Waals surface area contributed by atoms with Crippen LogP contribution in [0.15, 0.2) is 0 Å². The van der Waals surface area contributed by atoms with Crippen LogP contribution < -0.4 is 0 Å². The molecule has 0 amide bonds. The molecule has 0 bridgehead atoms. The van der Waals surface area contributed by atoms with Gasteiger partial charge in [0, 0.05) is 16.7 Å². The number of hydrogen-bond acceptors (Lipinski definition) is 0. The van der Waals surface area contributed by atoms with Crippen LogP contribution >= 0.6 is 186 Å². The van der Waals surface area contributed by atoms with E-state index in [1.165, 1.54) is 0 Å². The molecular formula is C19Cl16. The van der Waals surface area contributed by atoms with Gasteiger partial charge in [-0.2, -0.15) is 0 Å². The SMILES string of the molecule is Clc1c(Cl)c(Cl)c(C(Cl)(c2c(Cl)c(Cl)c(Cl)c(Cl)c2Cl)c2c(Cl)c(Cl)c(Cl)c(Cl)c2Cl)c(Cl)c1Cl. The van der Waals surface area contributed by atoms with Crippen LogP contribution in [-0.4, -0.2) is 0 Å². The van der Waals surface area contributed by atoms with Gasteiger partial charge in [0.25, 0.3) is 0 Å². The van der Waals surface area contributed by atoms with Crippen molar-refractivity contribution in [3.8, 4) is 0 Å². The second-order valence-electron chi connectivity index (χ2n) is 6.49. The van der Waals surface area contributed by atoms with E-state index in [1.54, 1.807) is 0 Å². The van der Waals surface area contributed by atoms with E-state index in [9.17, 15) is 0 Å². The van der Waals surface area contributed by atoms with E-state index in [-0.39, 0.29) is 92.0 Å². The molecule has 16 heteroatoms. The van der Waals surface area contributed by atoms with E-state index in [1.807, 2.05) is 0 Å². The molecule has 188 valence electrons. The maximum Gasteiger partial charge on any atom is 0.128 e. The maximum absolute atomic E-state index is 7.35. The van der Waals surface area contributed by atoms with Crippen molar-refractivity contribution >= 4 is 186 Å². The predicted molar refractivity (Wildman–Crippen MR) is 160 cm³/mol. The highest BCUT2D eigenvalue weighted by atomic mass is 35.5. The van der Waals surface area contributed by atoms with E-state index >= 15 is 0 Å². The molecule has 0 aliphatic heterocycles. The van der Waals surface area contributed by atoms with Gasteiger partial charge < -0.3 is 0 Å². The lowest BCUT2D eigenvalue weighted by Crippen LogP contribution is -2.26. The highest BCUT2D eigenvalue weighted by Crippen LogP contribution is 2.62. The molecule has 35 heavy (non-hydrogen) atoms. The molecule has 0 saturated carbocycles. The normalized spacial score (nSPS) is 12.0. The van der Waals surface area contributed by atoms with Crippen LogP contribution in [-0.2, 0) is 4.87 Å². The summed E-state index contributed by atoms with van der Waals surface area (Å²) in [6, 6.07) is 0. The number of halogens is 16. The highest BCUT2D eigenvalue weighted by molar-refractivity contribution is 6.59. The van der Waals surface area contributed by atoms with Crippen molar-refractivity contribution in [2.45, 2.75) is 4.87 Å². The van der Waals surface area contributed by atoms with Crippen LogP contribution in [0, 0.1) is 0 Å². The van der Waals surface area contributed by atoms with Crippen LogP contribution in [0.1, 0.15) is 16.7 Å². The quantitative estimate of drug-likeness (QED) is 0.107. The molecule has 0 N–H and O–H groups in total. The molecule has 0 aliphatic carbocycles. The lowest BCUT2D eigenvalue weighted by atomic mass is 9.83. The smallest absolute Gasteiger partial charge is 0.103 e. The Kier molecular flexibility index (Phi) is 10.6. The Morgan fingerprint density at radius 1 is 0.229 bits per heavy atom. The first-order chi connectivity index (χ1) is 16.0. The Labute approximate surface area is 279 Å². The van der Waals surface area contributed by atoms with E-state index in [2.05, 4.69) is 0 Å². The van der Waals surface area contributed by atoms with Crippen LogP contribution in [0.4, 0.5) is 0 Å².